The van der Waals surface area contributed by atoms with Crippen molar-refractivity contribution < 1.29 is 9.53 Å². The Labute approximate surface area is 151 Å². The van der Waals surface area contributed by atoms with E-state index in [4.69, 9.17) is 4.74 Å². The molecule has 1 N–H and O–H groups in total. The van der Waals surface area contributed by atoms with Crippen molar-refractivity contribution in [2.75, 3.05) is 0 Å². The molecule has 0 aliphatic carbocycles. The molecule has 1 amide bonds. The van der Waals surface area contributed by atoms with Crippen molar-refractivity contribution in [2.24, 2.45) is 5.92 Å². The Bertz CT molecular complexity index is 674. The molecule has 25 heavy (non-hydrogen) atoms. The normalized spacial score (nSPS) is 13.4. The SMILES string of the molecule is Cc1cc(C)cc(O[C@@H](C)C(=O)N[C@H](CC(C)C)c2ccccc2)c1. The van der Waals surface area contributed by atoms with Gasteiger partial charge in [-0.1, -0.05) is 50.2 Å². The predicted octanol–water partition coefficient (Wildman–Crippen LogP) is 4.97. The van der Waals surface area contributed by atoms with Gasteiger partial charge in [-0.3, -0.25) is 4.79 Å². The molecule has 0 aliphatic heterocycles. The molecule has 3 nitrogen and oxygen atoms in total. The van der Waals surface area contributed by atoms with Crippen LogP contribution in [0.25, 0.3) is 0 Å². The molecule has 0 radical (unpaired) electrons. The first-order chi connectivity index (χ1) is 11.8. The van der Waals surface area contributed by atoms with E-state index in [0.29, 0.717) is 5.92 Å². The highest BCUT2D eigenvalue weighted by molar-refractivity contribution is 5.81. The fraction of sp³-hybridized carbons (Fsp3) is 0.409. The minimum atomic E-state index is -0.542. The van der Waals surface area contributed by atoms with Gasteiger partial charge in [0.1, 0.15) is 5.75 Å². The second-order valence-corrected chi connectivity index (χ2v) is 7.18. The van der Waals surface area contributed by atoms with Gasteiger partial charge in [-0.15, -0.1) is 0 Å². The highest BCUT2D eigenvalue weighted by Gasteiger charge is 2.21. The first-order valence-corrected chi connectivity index (χ1v) is 8.95. The van der Waals surface area contributed by atoms with Gasteiger partial charge in [0, 0.05) is 0 Å². The minimum Gasteiger partial charge on any atom is -0.481 e. The lowest BCUT2D eigenvalue weighted by atomic mass is 9.97. The van der Waals surface area contributed by atoms with Gasteiger partial charge in [0.25, 0.3) is 5.91 Å². The van der Waals surface area contributed by atoms with Gasteiger partial charge in [-0.25, -0.2) is 0 Å². The maximum absolute atomic E-state index is 12.6. The fourth-order valence-corrected chi connectivity index (χ4v) is 2.98. The van der Waals surface area contributed by atoms with Crippen molar-refractivity contribution >= 4 is 5.91 Å². The van der Waals surface area contributed by atoms with Crippen LogP contribution in [-0.4, -0.2) is 12.0 Å². The Hall–Kier alpha value is -2.29. The second kappa shape index (κ2) is 8.70. The van der Waals surface area contributed by atoms with E-state index in [1.807, 2.05) is 44.2 Å². The highest BCUT2D eigenvalue weighted by atomic mass is 16.5. The topological polar surface area (TPSA) is 38.3 Å². The smallest absolute Gasteiger partial charge is 0.261 e. The van der Waals surface area contributed by atoms with E-state index in [1.165, 1.54) is 0 Å². The monoisotopic (exact) mass is 339 g/mol. The molecular formula is C22H29NO2. The molecule has 0 unspecified atom stereocenters. The van der Waals surface area contributed by atoms with Crippen molar-refractivity contribution in [3.8, 4) is 5.75 Å². The number of carbonyl (C=O) groups is 1. The molecule has 3 heteroatoms. The average molecular weight is 339 g/mol. The quantitative estimate of drug-likeness (QED) is 0.773. The van der Waals surface area contributed by atoms with Crippen LogP contribution in [0.4, 0.5) is 0 Å². The summed E-state index contributed by atoms with van der Waals surface area (Å²) in [4.78, 5) is 12.6. The van der Waals surface area contributed by atoms with E-state index < -0.39 is 6.10 Å². The second-order valence-electron chi connectivity index (χ2n) is 7.18. The zero-order valence-electron chi connectivity index (χ0n) is 15.9. The number of nitrogens with one attached hydrogen (secondary N) is 1. The van der Waals surface area contributed by atoms with Crippen molar-refractivity contribution in [3.63, 3.8) is 0 Å². The first kappa shape index (κ1) is 19.0. The minimum absolute atomic E-state index is 0.000930. The third-order valence-electron chi connectivity index (χ3n) is 4.10. The van der Waals surface area contributed by atoms with Crippen LogP contribution in [0.1, 0.15) is 49.9 Å². The summed E-state index contributed by atoms with van der Waals surface area (Å²) in [7, 11) is 0. The molecule has 0 aliphatic rings. The summed E-state index contributed by atoms with van der Waals surface area (Å²) in [5, 5.41) is 3.15. The maximum atomic E-state index is 12.6. The molecular weight excluding hydrogens is 310 g/mol. The highest BCUT2D eigenvalue weighted by Crippen LogP contribution is 2.22. The number of hydrogen-bond donors (Lipinski definition) is 1. The average Bonchev–Trinajstić information content (AvgIpc) is 2.53. The number of ether oxygens (including phenoxy) is 1. The lowest BCUT2D eigenvalue weighted by molar-refractivity contribution is -0.128. The first-order valence-electron chi connectivity index (χ1n) is 8.95. The summed E-state index contributed by atoms with van der Waals surface area (Å²) in [6.45, 7) is 10.2. The van der Waals surface area contributed by atoms with Gasteiger partial charge in [0.2, 0.25) is 0 Å². The van der Waals surface area contributed by atoms with E-state index in [1.54, 1.807) is 6.92 Å². The Morgan fingerprint density at radius 3 is 2.16 bits per heavy atom. The van der Waals surface area contributed by atoms with E-state index in [-0.39, 0.29) is 11.9 Å². The lowest BCUT2D eigenvalue weighted by Gasteiger charge is -2.23. The predicted molar refractivity (Wildman–Crippen MR) is 103 cm³/mol. The zero-order valence-corrected chi connectivity index (χ0v) is 15.9. The Morgan fingerprint density at radius 1 is 1.00 bits per heavy atom. The van der Waals surface area contributed by atoms with Crippen LogP contribution in [-0.2, 0) is 4.79 Å². The van der Waals surface area contributed by atoms with E-state index in [2.05, 4.69) is 37.4 Å². The number of carbonyl (C=O) groups excluding carboxylic acids is 1. The van der Waals surface area contributed by atoms with Gasteiger partial charge in [-0.05, 0) is 61.9 Å². The Balaban J connectivity index is 2.06. The van der Waals surface area contributed by atoms with E-state index in [9.17, 15) is 4.79 Å². The molecule has 134 valence electrons. The molecule has 0 fully saturated rings. The largest absolute Gasteiger partial charge is 0.481 e. The van der Waals surface area contributed by atoms with Crippen molar-refractivity contribution in [1.29, 1.82) is 0 Å². The summed E-state index contributed by atoms with van der Waals surface area (Å²) in [5.41, 5.74) is 3.39. The summed E-state index contributed by atoms with van der Waals surface area (Å²) in [5.74, 6) is 1.13. The summed E-state index contributed by atoms with van der Waals surface area (Å²) < 4.78 is 5.87. The molecule has 2 aromatic carbocycles. The van der Waals surface area contributed by atoms with Crippen LogP contribution in [0.5, 0.6) is 5.75 Å². The molecule has 0 bridgehead atoms. The molecule has 0 heterocycles. The van der Waals surface area contributed by atoms with Crippen LogP contribution >= 0.6 is 0 Å². The summed E-state index contributed by atoms with van der Waals surface area (Å²) in [6, 6.07) is 16.1. The number of hydrogen-bond acceptors (Lipinski definition) is 2. The standard InChI is InChI=1S/C22H29NO2/c1-15(2)11-21(19-9-7-6-8-10-19)23-22(24)18(5)25-20-13-16(3)12-17(4)14-20/h6-10,12-15,18,21H,11H2,1-5H3,(H,23,24)/t18-,21+/m0/s1. The zero-order chi connectivity index (χ0) is 18.4. The van der Waals surface area contributed by atoms with Gasteiger partial charge in [-0.2, -0.15) is 0 Å². The lowest BCUT2D eigenvalue weighted by Crippen LogP contribution is -2.39. The van der Waals surface area contributed by atoms with Gasteiger partial charge in [0.15, 0.2) is 6.10 Å². The summed E-state index contributed by atoms with van der Waals surface area (Å²) >= 11 is 0. The van der Waals surface area contributed by atoms with E-state index >= 15 is 0 Å². The molecule has 0 saturated carbocycles. The van der Waals surface area contributed by atoms with Crippen LogP contribution in [0.15, 0.2) is 48.5 Å². The Morgan fingerprint density at radius 2 is 1.60 bits per heavy atom. The number of aryl methyl sites for hydroxylation is 2. The van der Waals surface area contributed by atoms with Crippen LogP contribution in [0.3, 0.4) is 0 Å². The van der Waals surface area contributed by atoms with Crippen LogP contribution in [0, 0.1) is 19.8 Å². The molecule has 0 aromatic heterocycles. The van der Waals surface area contributed by atoms with Crippen LogP contribution in [0.2, 0.25) is 0 Å². The van der Waals surface area contributed by atoms with Gasteiger partial charge >= 0.3 is 0 Å². The number of amides is 1. The van der Waals surface area contributed by atoms with E-state index in [0.717, 1.165) is 28.9 Å². The molecule has 0 spiro atoms. The Kier molecular flexibility index (Phi) is 6.63. The summed E-state index contributed by atoms with van der Waals surface area (Å²) in [6.07, 6.45) is 0.353. The van der Waals surface area contributed by atoms with Gasteiger partial charge < -0.3 is 10.1 Å². The van der Waals surface area contributed by atoms with Crippen molar-refractivity contribution in [2.45, 2.75) is 53.2 Å². The third-order valence-corrected chi connectivity index (χ3v) is 4.10. The van der Waals surface area contributed by atoms with Crippen molar-refractivity contribution in [3.05, 3.63) is 65.2 Å². The van der Waals surface area contributed by atoms with Crippen molar-refractivity contribution in [1.82, 2.24) is 5.32 Å². The maximum Gasteiger partial charge on any atom is 0.261 e. The van der Waals surface area contributed by atoms with Crippen LogP contribution < -0.4 is 10.1 Å². The molecule has 2 atom stereocenters. The fourth-order valence-electron chi connectivity index (χ4n) is 2.98. The van der Waals surface area contributed by atoms with Gasteiger partial charge in [0.05, 0.1) is 6.04 Å². The molecule has 2 aromatic rings. The molecule has 0 saturated heterocycles. The molecule has 2 rings (SSSR count). The third kappa shape index (κ3) is 5.93. The number of benzene rings is 2. The number of rotatable bonds is 7.